The molecule has 1 saturated heterocycles. The van der Waals surface area contributed by atoms with Crippen LogP contribution in [0.25, 0.3) is 0 Å². The van der Waals surface area contributed by atoms with Gasteiger partial charge in [-0.15, -0.1) is 0 Å². The Labute approximate surface area is 133 Å². The molecule has 3 rings (SSSR count). The first-order chi connectivity index (χ1) is 11.0. The lowest BCUT2D eigenvalue weighted by Gasteiger charge is -2.28. The highest BCUT2D eigenvalue weighted by Crippen LogP contribution is 2.24. The second kappa shape index (κ2) is 5.64. The van der Waals surface area contributed by atoms with Crippen molar-refractivity contribution in [3.63, 3.8) is 0 Å². The van der Waals surface area contributed by atoms with Crippen molar-refractivity contribution >= 4 is 23.4 Å². The van der Waals surface area contributed by atoms with Crippen LogP contribution in [0.4, 0.5) is 16.3 Å². The molecule has 8 nitrogen and oxygen atoms in total. The molecule has 2 aromatic heterocycles. The maximum atomic E-state index is 11.9. The van der Waals surface area contributed by atoms with Crippen molar-refractivity contribution in [1.29, 1.82) is 0 Å². The molecule has 3 heterocycles. The predicted octanol–water partition coefficient (Wildman–Crippen LogP) is 1.45. The van der Waals surface area contributed by atoms with Gasteiger partial charge in [-0.25, -0.2) is 19.7 Å². The number of carbonyl (C=O) groups is 2. The predicted molar refractivity (Wildman–Crippen MR) is 82.7 cm³/mol. The van der Waals surface area contributed by atoms with Gasteiger partial charge in [0.05, 0.1) is 18.1 Å². The summed E-state index contributed by atoms with van der Waals surface area (Å²) in [5.41, 5.74) is 0.699. The monoisotopic (exact) mass is 312 g/mol. The number of nitrogens with zero attached hydrogens (tertiary/aromatic N) is 4. The number of nitrogens with one attached hydrogen (secondary N) is 2. The Morgan fingerprint density at radius 3 is 2.65 bits per heavy atom. The van der Waals surface area contributed by atoms with Crippen LogP contribution >= 0.6 is 0 Å². The zero-order valence-electron chi connectivity index (χ0n) is 12.8. The fourth-order valence-electron chi connectivity index (χ4n) is 2.30. The molecule has 0 spiro atoms. The summed E-state index contributed by atoms with van der Waals surface area (Å²) >= 11 is 0. The number of rotatable bonds is 4. The molecule has 0 radical (unpaired) electrons. The van der Waals surface area contributed by atoms with Crippen LogP contribution in [0.5, 0.6) is 0 Å². The molecule has 1 aliphatic rings. The minimum Gasteiger partial charge on any atom is -0.338 e. The highest BCUT2D eigenvalue weighted by molar-refractivity contribution is 6.06. The van der Waals surface area contributed by atoms with Crippen molar-refractivity contribution < 1.29 is 9.59 Å². The Kier molecular flexibility index (Phi) is 3.65. The van der Waals surface area contributed by atoms with Crippen LogP contribution < -0.4 is 10.6 Å². The summed E-state index contributed by atoms with van der Waals surface area (Å²) in [5, 5.41) is 5.42. The summed E-state index contributed by atoms with van der Waals surface area (Å²) in [4.78, 5) is 37.3. The summed E-state index contributed by atoms with van der Waals surface area (Å²) < 4.78 is 0. The van der Waals surface area contributed by atoms with Gasteiger partial charge in [0, 0.05) is 12.7 Å². The molecule has 1 fully saturated rings. The molecule has 0 atom stereocenters. The molecule has 2 N–H and O–H groups in total. The van der Waals surface area contributed by atoms with E-state index in [9.17, 15) is 9.59 Å². The zero-order chi connectivity index (χ0) is 16.4. The van der Waals surface area contributed by atoms with Gasteiger partial charge >= 0.3 is 6.03 Å². The van der Waals surface area contributed by atoms with Gasteiger partial charge in [0.2, 0.25) is 0 Å². The molecule has 0 aromatic carbocycles. The van der Waals surface area contributed by atoms with Crippen LogP contribution in [0.15, 0.2) is 37.1 Å². The summed E-state index contributed by atoms with van der Waals surface area (Å²) in [7, 11) is 0. The van der Waals surface area contributed by atoms with Crippen molar-refractivity contribution in [1.82, 2.24) is 25.2 Å². The third-order valence-electron chi connectivity index (χ3n) is 3.69. The molecule has 0 unspecified atom stereocenters. The fourth-order valence-corrected chi connectivity index (χ4v) is 2.30. The Bertz CT molecular complexity index is 747. The van der Waals surface area contributed by atoms with E-state index in [0.29, 0.717) is 18.1 Å². The molecule has 23 heavy (non-hydrogen) atoms. The molecule has 0 bridgehead atoms. The van der Waals surface area contributed by atoms with Gasteiger partial charge in [-0.3, -0.25) is 10.1 Å². The largest absolute Gasteiger partial charge is 0.338 e. The SMILES string of the molecule is CC1(C)C(=O)NC(=O)N1Cc1ccnc(Nc2cncnc2)c1. The van der Waals surface area contributed by atoms with Crippen molar-refractivity contribution in [2.75, 3.05) is 5.32 Å². The van der Waals surface area contributed by atoms with E-state index in [1.165, 1.54) is 11.2 Å². The van der Waals surface area contributed by atoms with Crippen molar-refractivity contribution in [3.05, 3.63) is 42.6 Å². The molecule has 0 saturated carbocycles. The smallest absolute Gasteiger partial charge is 0.325 e. The van der Waals surface area contributed by atoms with E-state index in [4.69, 9.17) is 0 Å². The summed E-state index contributed by atoms with van der Waals surface area (Å²) in [5.74, 6) is 0.317. The Morgan fingerprint density at radius 1 is 1.26 bits per heavy atom. The number of carbonyl (C=O) groups excluding carboxylic acids is 2. The molecule has 118 valence electrons. The first kappa shape index (κ1) is 14.9. The molecule has 2 aromatic rings. The second-order valence-corrected chi connectivity index (χ2v) is 5.71. The van der Waals surface area contributed by atoms with Crippen LogP contribution in [-0.2, 0) is 11.3 Å². The number of pyridine rings is 1. The average molecular weight is 312 g/mol. The van der Waals surface area contributed by atoms with E-state index < -0.39 is 5.54 Å². The lowest BCUT2D eigenvalue weighted by molar-refractivity contribution is -0.125. The van der Waals surface area contributed by atoms with E-state index in [0.717, 1.165) is 5.56 Å². The summed E-state index contributed by atoms with van der Waals surface area (Å²) in [6.45, 7) is 3.75. The zero-order valence-corrected chi connectivity index (χ0v) is 12.8. The lowest BCUT2D eigenvalue weighted by atomic mass is 10.0. The minimum atomic E-state index is -0.874. The summed E-state index contributed by atoms with van der Waals surface area (Å²) in [6, 6.07) is 3.24. The van der Waals surface area contributed by atoms with Gasteiger partial charge in [0.25, 0.3) is 5.91 Å². The minimum absolute atomic E-state index is 0.295. The first-order valence-corrected chi connectivity index (χ1v) is 7.07. The van der Waals surface area contributed by atoms with E-state index >= 15 is 0 Å². The number of hydrogen-bond donors (Lipinski definition) is 2. The van der Waals surface area contributed by atoms with Crippen molar-refractivity contribution in [2.24, 2.45) is 0 Å². The van der Waals surface area contributed by atoms with Crippen molar-refractivity contribution in [2.45, 2.75) is 25.9 Å². The number of hydrogen-bond acceptors (Lipinski definition) is 6. The Morgan fingerprint density at radius 2 is 2.00 bits per heavy atom. The van der Waals surface area contributed by atoms with E-state index in [1.807, 2.05) is 6.07 Å². The molecule has 3 amide bonds. The molecular weight excluding hydrogens is 296 g/mol. The standard InChI is InChI=1S/C15H16N6O2/c1-15(2)13(22)20-14(23)21(15)8-10-3-4-18-12(5-10)19-11-6-16-9-17-7-11/h3-7,9H,8H2,1-2H3,(H,18,19)(H,20,22,23). The number of imide groups is 1. The van der Waals surface area contributed by atoms with Crippen LogP contribution in [0.3, 0.4) is 0 Å². The maximum absolute atomic E-state index is 11.9. The first-order valence-electron chi connectivity index (χ1n) is 7.07. The van der Waals surface area contributed by atoms with Crippen LogP contribution in [0.2, 0.25) is 0 Å². The molecule has 0 aliphatic carbocycles. The second-order valence-electron chi connectivity index (χ2n) is 5.71. The average Bonchev–Trinajstić information content (AvgIpc) is 2.71. The fraction of sp³-hybridized carbons (Fsp3) is 0.267. The summed E-state index contributed by atoms with van der Waals surface area (Å²) in [6.07, 6.45) is 6.36. The van der Waals surface area contributed by atoms with E-state index in [1.54, 1.807) is 38.5 Å². The molecule has 1 aliphatic heterocycles. The number of urea groups is 1. The van der Waals surface area contributed by atoms with Gasteiger partial charge in [-0.1, -0.05) is 0 Å². The van der Waals surface area contributed by atoms with Gasteiger partial charge in [-0.2, -0.15) is 0 Å². The van der Waals surface area contributed by atoms with Gasteiger partial charge in [-0.05, 0) is 31.5 Å². The topological polar surface area (TPSA) is 100 Å². The van der Waals surface area contributed by atoms with Crippen LogP contribution in [-0.4, -0.2) is 37.3 Å². The van der Waals surface area contributed by atoms with Gasteiger partial charge < -0.3 is 10.2 Å². The number of anilines is 2. The maximum Gasteiger partial charge on any atom is 0.325 e. The third-order valence-corrected chi connectivity index (χ3v) is 3.69. The third kappa shape index (κ3) is 2.96. The van der Waals surface area contributed by atoms with Gasteiger partial charge in [0.1, 0.15) is 17.7 Å². The van der Waals surface area contributed by atoms with Crippen molar-refractivity contribution in [3.8, 4) is 0 Å². The molecular formula is C15H16N6O2. The van der Waals surface area contributed by atoms with E-state index in [-0.39, 0.29) is 11.9 Å². The number of amides is 3. The Hall–Kier alpha value is -3.03. The highest BCUT2D eigenvalue weighted by atomic mass is 16.2. The van der Waals surface area contributed by atoms with E-state index in [2.05, 4.69) is 25.6 Å². The normalized spacial score (nSPS) is 16.3. The lowest BCUT2D eigenvalue weighted by Crippen LogP contribution is -2.43. The Balaban J connectivity index is 1.78. The van der Waals surface area contributed by atoms with Crippen LogP contribution in [0.1, 0.15) is 19.4 Å². The van der Waals surface area contributed by atoms with Gasteiger partial charge in [0.15, 0.2) is 0 Å². The quantitative estimate of drug-likeness (QED) is 0.829. The highest BCUT2D eigenvalue weighted by Gasteiger charge is 2.45. The molecule has 8 heteroatoms. The number of aromatic nitrogens is 3. The van der Waals surface area contributed by atoms with Crippen LogP contribution in [0, 0.1) is 0 Å².